The van der Waals surface area contributed by atoms with Crippen LogP contribution in [0.5, 0.6) is 11.5 Å². The van der Waals surface area contributed by atoms with E-state index in [1.807, 2.05) is 54.6 Å². The van der Waals surface area contributed by atoms with E-state index >= 15 is 0 Å². The van der Waals surface area contributed by atoms with E-state index < -0.39 is 5.97 Å². The average Bonchev–Trinajstić information content (AvgIpc) is 3.20. The van der Waals surface area contributed by atoms with Crippen molar-refractivity contribution < 1.29 is 54.0 Å². The van der Waals surface area contributed by atoms with Crippen LogP contribution in [0.4, 0.5) is 0 Å². The fourth-order valence-corrected chi connectivity index (χ4v) is 5.63. The molecular formula is C33H31NaO5. The van der Waals surface area contributed by atoms with Crippen molar-refractivity contribution in [2.45, 2.75) is 39.7 Å². The summed E-state index contributed by atoms with van der Waals surface area (Å²) in [5, 5.41) is 20.5. The quantitative estimate of drug-likeness (QED) is 0.337. The van der Waals surface area contributed by atoms with E-state index in [0.717, 1.165) is 61.6 Å². The van der Waals surface area contributed by atoms with Gasteiger partial charge < -0.3 is 24.5 Å². The standard InChI is InChI=1S/C33H32O5.Na/c1-20-15-25(37-14-13-34)16-21(2)33(20)26-10-6-7-23(22(26)3)19-38-24-11-12-29-30(17-24)27-8-4-5-9-28(27)31(29)18-32(35)36;/h4-12,15-17,31,34H,13-14,18-19H2,1-3H3,(H,35,36);/q;+1/p-1. The predicted octanol–water partition coefficient (Wildman–Crippen LogP) is 2.49. The molecule has 0 saturated heterocycles. The number of hydrogen-bond donors (Lipinski definition) is 1. The van der Waals surface area contributed by atoms with Gasteiger partial charge in [-0.1, -0.05) is 48.5 Å². The van der Waals surface area contributed by atoms with Crippen LogP contribution >= 0.6 is 0 Å². The summed E-state index contributed by atoms with van der Waals surface area (Å²) in [5.41, 5.74) is 10.9. The molecule has 5 rings (SSSR count). The summed E-state index contributed by atoms with van der Waals surface area (Å²) >= 11 is 0. The van der Waals surface area contributed by atoms with E-state index in [9.17, 15) is 9.90 Å². The molecule has 39 heavy (non-hydrogen) atoms. The molecule has 0 fully saturated rings. The minimum absolute atomic E-state index is 0. The van der Waals surface area contributed by atoms with Crippen molar-refractivity contribution in [2.24, 2.45) is 0 Å². The maximum absolute atomic E-state index is 11.4. The second-order valence-corrected chi connectivity index (χ2v) is 9.85. The average molecular weight is 531 g/mol. The van der Waals surface area contributed by atoms with Crippen LogP contribution in [0.1, 0.15) is 45.7 Å². The molecule has 6 heteroatoms. The number of carbonyl (C=O) groups is 1. The first-order valence-electron chi connectivity index (χ1n) is 12.9. The van der Waals surface area contributed by atoms with E-state index in [1.54, 1.807) is 0 Å². The molecule has 0 saturated carbocycles. The molecule has 0 radical (unpaired) electrons. The Bertz CT molecular complexity index is 1490. The first kappa shape index (κ1) is 28.9. The molecule has 0 aliphatic heterocycles. The van der Waals surface area contributed by atoms with Crippen LogP contribution in [-0.4, -0.2) is 24.3 Å². The molecule has 4 aromatic carbocycles. The molecule has 1 atom stereocenters. The molecule has 1 unspecified atom stereocenters. The number of ether oxygens (including phenoxy) is 2. The number of carboxylic acids is 1. The smallest absolute Gasteiger partial charge is 0.550 e. The van der Waals surface area contributed by atoms with Gasteiger partial charge in [0.2, 0.25) is 0 Å². The third kappa shape index (κ3) is 5.92. The van der Waals surface area contributed by atoms with Crippen molar-refractivity contribution in [1.82, 2.24) is 0 Å². The Morgan fingerprint density at radius 1 is 0.821 bits per heavy atom. The Balaban J connectivity index is 0.00000353. The van der Waals surface area contributed by atoms with Gasteiger partial charge in [0.25, 0.3) is 0 Å². The van der Waals surface area contributed by atoms with Crippen LogP contribution in [0.25, 0.3) is 22.3 Å². The third-order valence-electron chi connectivity index (χ3n) is 7.37. The molecule has 0 amide bonds. The second kappa shape index (κ2) is 12.4. The van der Waals surface area contributed by atoms with Crippen LogP contribution in [0.3, 0.4) is 0 Å². The van der Waals surface area contributed by atoms with Gasteiger partial charge in [0.1, 0.15) is 24.7 Å². The second-order valence-electron chi connectivity index (χ2n) is 9.85. The SMILES string of the molecule is Cc1cc(OCCO)cc(C)c1-c1cccc(COc2ccc3c(c2)-c2ccccc2C3CC(=O)[O-])c1C.[Na+]. The van der Waals surface area contributed by atoms with Gasteiger partial charge in [-0.05, 0) is 107 Å². The molecule has 0 heterocycles. The Labute approximate surface area is 251 Å². The molecule has 1 N–H and O–H groups in total. The zero-order valence-corrected chi connectivity index (χ0v) is 24.9. The van der Waals surface area contributed by atoms with Crippen molar-refractivity contribution >= 4 is 5.97 Å². The number of hydrogen-bond acceptors (Lipinski definition) is 5. The van der Waals surface area contributed by atoms with Crippen molar-refractivity contribution in [3.63, 3.8) is 0 Å². The largest absolute Gasteiger partial charge is 1.00 e. The summed E-state index contributed by atoms with van der Waals surface area (Å²) in [6.07, 6.45) is -0.0381. The van der Waals surface area contributed by atoms with E-state index in [0.29, 0.717) is 6.61 Å². The van der Waals surface area contributed by atoms with E-state index in [1.165, 1.54) is 5.56 Å². The summed E-state index contributed by atoms with van der Waals surface area (Å²) in [7, 11) is 0. The first-order valence-corrected chi connectivity index (χ1v) is 12.9. The monoisotopic (exact) mass is 530 g/mol. The fraction of sp³-hybridized carbons (Fsp3) is 0.242. The van der Waals surface area contributed by atoms with Crippen LogP contribution < -0.4 is 44.1 Å². The molecule has 5 nitrogen and oxygen atoms in total. The number of carbonyl (C=O) groups excluding carboxylic acids is 1. The number of aliphatic carboxylic acids is 1. The number of aliphatic hydroxyl groups is 1. The normalized spacial score (nSPS) is 13.3. The van der Waals surface area contributed by atoms with Crippen LogP contribution in [-0.2, 0) is 11.4 Å². The van der Waals surface area contributed by atoms with Gasteiger partial charge in [-0.3, -0.25) is 0 Å². The van der Waals surface area contributed by atoms with Crippen LogP contribution in [0, 0.1) is 20.8 Å². The molecule has 1 aliphatic carbocycles. The summed E-state index contributed by atoms with van der Waals surface area (Å²) in [4.78, 5) is 11.4. The van der Waals surface area contributed by atoms with Crippen molar-refractivity contribution in [3.05, 3.63) is 106 Å². The van der Waals surface area contributed by atoms with Gasteiger partial charge in [0.05, 0.1) is 6.61 Å². The summed E-state index contributed by atoms with van der Waals surface area (Å²) in [6.45, 7) is 6.94. The number of benzene rings is 4. The summed E-state index contributed by atoms with van der Waals surface area (Å²) in [6, 6.07) is 24.2. The maximum atomic E-state index is 11.4. The van der Waals surface area contributed by atoms with Crippen LogP contribution in [0.15, 0.2) is 72.8 Å². The predicted molar refractivity (Wildman–Crippen MR) is 146 cm³/mol. The van der Waals surface area contributed by atoms with Crippen molar-refractivity contribution in [2.75, 3.05) is 13.2 Å². The van der Waals surface area contributed by atoms with E-state index in [2.05, 4.69) is 39.0 Å². The number of fused-ring (bicyclic) bond motifs is 3. The first-order chi connectivity index (χ1) is 18.4. The van der Waals surface area contributed by atoms with Gasteiger partial charge in [-0.2, -0.15) is 0 Å². The number of aliphatic hydroxyl groups excluding tert-OH is 1. The molecule has 0 aromatic heterocycles. The number of carboxylic acid groups (broad SMARTS) is 1. The van der Waals surface area contributed by atoms with Gasteiger partial charge >= 0.3 is 29.6 Å². The zero-order chi connectivity index (χ0) is 26.8. The molecule has 0 bridgehead atoms. The fourth-order valence-electron chi connectivity index (χ4n) is 5.63. The van der Waals surface area contributed by atoms with Gasteiger partial charge in [-0.25, -0.2) is 0 Å². The topological polar surface area (TPSA) is 78.8 Å². The molecule has 1 aliphatic rings. The van der Waals surface area contributed by atoms with Crippen LogP contribution in [0.2, 0.25) is 0 Å². The minimum Gasteiger partial charge on any atom is -0.550 e. The Morgan fingerprint density at radius 3 is 2.23 bits per heavy atom. The van der Waals surface area contributed by atoms with Gasteiger partial charge in [0.15, 0.2) is 0 Å². The minimum atomic E-state index is -1.05. The third-order valence-corrected chi connectivity index (χ3v) is 7.37. The number of aryl methyl sites for hydroxylation is 2. The summed E-state index contributed by atoms with van der Waals surface area (Å²) in [5.74, 6) is 0.252. The Hall–Kier alpha value is -3.09. The molecule has 4 aromatic rings. The van der Waals surface area contributed by atoms with Gasteiger partial charge in [-0.15, -0.1) is 0 Å². The molecule has 0 spiro atoms. The number of rotatable bonds is 9. The molecular weight excluding hydrogens is 499 g/mol. The Morgan fingerprint density at radius 2 is 1.51 bits per heavy atom. The molecule has 194 valence electrons. The van der Waals surface area contributed by atoms with Gasteiger partial charge in [0, 0.05) is 11.9 Å². The summed E-state index contributed by atoms with van der Waals surface area (Å²) < 4.78 is 11.9. The van der Waals surface area contributed by atoms with E-state index in [4.69, 9.17) is 14.6 Å². The van der Waals surface area contributed by atoms with E-state index in [-0.39, 0.29) is 55.1 Å². The Kier molecular flexibility index (Phi) is 9.19. The maximum Gasteiger partial charge on any atom is 1.00 e. The van der Waals surface area contributed by atoms with Crippen molar-refractivity contribution in [3.8, 4) is 33.8 Å². The zero-order valence-electron chi connectivity index (χ0n) is 22.9. The van der Waals surface area contributed by atoms with Crippen molar-refractivity contribution in [1.29, 1.82) is 0 Å².